The van der Waals surface area contributed by atoms with Crippen LogP contribution in [0.4, 0.5) is 0 Å². The highest BCUT2D eigenvalue weighted by Crippen LogP contribution is 2.30. The molecule has 1 unspecified atom stereocenters. The molecule has 1 aliphatic heterocycles. The van der Waals surface area contributed by atoms with Gasteiger partial charge in [0.15, 0.2) is 0 Å². The van der Waals surface area contributed by atoms with E-state index in [4.69, 9.17) is 0 Å². The van der Waals surface area contributed by atoms with Crippen molar-refractivity contribution in [3.8, 4) is 0 Å². The molecule has 1 aromatic rings. The minimum absolute atomic E-state index is 0.0456. The van der Waals surface area contributed by atoms with Gasteiger partial charge in [-0.3, -0.25) is 9.59 Å². The Bertz CT molecular complexity index is 710. The van der Waals surface area contributed by atoms with Gasteiger partial charge in [0.05, 0.1) is 0 Å². The van der Waals surface area contributed by atoms with Gasteiger partial charge in [0.25, 0.3) is 0 Å². The molecular weight excluding hydrogens is 350 g/mol. The molecule has 28 heavy (non-hydrogen) atoms. The third-order valence-corrected chi connectivity index (χ3v) is 5.28. The van der Waals surface area contributed by atoms with Crippen LogP contribution in [0.1, 0.15) is 44.6 Å². The molecule has 0 spiro atoms. The quantitative estimate of drug-likeness (QED) is 0.677. The Balaban J connectivity index is 1.52. The summed E-state index contributed by atoms with van der Waals surface area (Å²) in [6, 6.07) is 9.74. The van der Waals surface area contributed by atoms with E-state index < -0.39 is 0 Å². The Labute approximate surface area is 168 Å². The molecule has 0 bridgehead atoms. The van der Waals surface area contributed by atoms with Gasteiger partial charge in [0, 0.05) is 32.1 Å². The highest BCUT2D eigenvalue weighted by Gasteiger charge is 2.39. The number of hydrogen-bond donors (Lipinski definition) is 1. The molecule has 1 aromatic carbocycles. The second-order valence-corrected chi connectivity index (χ2v) is 7.53. The fraction of sp³-hybridized carbons (Fsp3) is 0.478. The first-order valence-corrected chi connectivity index (χ1v) is 10.4. The summed E-state index contributed by atoms with van der Waals surface area (Å²) in [5, 5.41) is 3.02. The topological polar surface area (TPSA) is 52.7 Å². The summed E-state index contributed by atoms with van der Waals surface area (Å²) >= 11 is 0. The van der Waals surface area contributed by atoms with Gasteiger partial charge in [-0.15, -0.1) is 0 Å². The molecular formula is C23H31N3O2. The first-order valence-electron chi connectivity index (χ1n) is 10.4. The van der Waals surface area contributed by atoms with Crippen LogP contribution in [0.5, 0.6) is 0 Å². The van der Waals surface area contributed by atoms with Crippen molar-refractivity contribution in [2.75, 3.05) is 13.1 Å². The molecule has 1 heterocycles. The van der Waals surface area contributed by atoms with E-state index in [9.17, 15) is 9.59 Å². The molecule has 150 valence electrons. The van der Waals surface area contributed by atoms with Gasteiger partial charge in [-0.2, -0.15) is 0 Å². The predicted molar refractivity (Wildman–Crippen MR) is 111 cm³/mol. The van der Waals surface area contributed by atoms with Crippen LogP contribution in [0.3, 0.4) is 0 Å². The Kier molecular flexibility index (Phi) is 7.29. The molecule has 5 nitrogen and oxygen atoms in total. The first-order chi connectivity index (χ1) is 13.7. The molecule has 1 aliphatic carbocycles. The average molecular weight is 382 g/mol. The fourth-order valence-electron chi connectivity index (χ4n) is 3.63. The number of hydrogen-bond acceptors (Lipinski definition) is 3. The summed E-state index contributed by atoms with van der Waals surface area (Å²) in [7, 11) is 0. The van der Waals surface area contributed by atoms with Crippen molar-refractivity contribution in [1.29, 1.82) is 0 Å². The zero-order chi connectivity index (χ0) is 19.8. The Morgan fingerprint density at radius 3 is 2.64 bits per heavy atom. The van der Waals surface area contributed by atoms with E-state index in [1.54, 1.807) is 0 Å². The minimum Gasteiger partial charge on any atom is -0.374 e. The fourth-order valence-corrected chi connectivity index (χ4v) is 3.63. The maximum Gasteiger partial charge on any atom is 0.243 e. The maximum absolute atomic E-state index is 12.9. The van der Waals surface area contributed by atoms with Crippen LogP contribution in [0.15, 0.2) is 54.8 Å². The molecule has 1 fully saturated rings. The Morgan fingerprint density at radius 1 is 1.21 bits per heavy atom. The van der Waals surface area contributed by atoms with E-state index in [1.165, 1.54) is 0 Å². The first kappa shape index (κ1) is 20.2. The summed E-state index contributed by atoms with van der Waals surface area (Å²) in [6.07, 6.45) is 12.2. The lowest BCUT2D eigenvalue weighted by atomic mass is 10.1. The van der Waals surface area contributed by atoms with Crippen LogP contribution in [-0.4, -0.2) is 46.8 Å². The van der Waals surface area contributed by atoms with Gasteiger partial charge < -0.3 is 15.1 Å². The van der Waals surface area contributed by atoms with Crippen molar-refractivity contribution in [3.63, 3.8) is 0 Å². The van der Waals surface area contributed by atoms with Crippen molar-refractivity contribution in [1.82, 2.24) is 15.1 Å². The Hall–Kier alpha value is -2.56. The summed E-state index contributed by atoms with van der Waals surface area (Å²) in [4.78, 5) is 29.8. The number of carbonyl (C=O) groups excluding carboxylic acids is 2. The molecule has 0 aromatic heterocycles. The van der Waals surface area contributed by atoms with E-state index >= 15 is 0 Å². The van der Waals surface area contributed by atoms with E-state index in [2.05, 4.69) is 22.5 Å². The monoisotopic (exact) mass is 381 g/mol. The lowest BCUT2D eigenvalue weighted by Crippen LogP contribution is -2.50. The molecule has 2 aliphatic rings. The van der Waals surface area contributed by atoms with Crippen LogP contribution in [-0.2, 0) is 16.1 Å². The molecule has 1 atom stereocenters. The summed E-state index contributed by atoms with van der Waals surface area (Å²) in [5.74, 6) is 0.0662. The molecule has 0 saturated heterocycles. The van der Waals surface area contributed by atoms with Crippen LogP contribution in [0, 0.1) is 0 Å². The van der Waals surface area contributed by atoms with Crippen LogP contribution in [0.25, 0.3) is 0 Å². The van der Waals surface area contributed by atoms with E-state index in [1.807, 2.05) is 54.3 Å². The number of allylic oxidation sites excluding steroid dienone is 2. The zero-order valence-electron chi connectivity index (χ0n) is 16.7. The number of rotatable bonds is 10. The van der Waals surface area contributed by atoms with Crippen molar-refractivity contribution < 1.29 is 9.59 Å². The third-order valence-electron chi connectivity index (χ3n) is 5.28. The smallest absolute Gasteiger partial charge is 0.243 e. The van der Waals surface area contributed by atoms with Crippen molar-refractivity contribution >= 4 is 11.8 Å². The second-order valence-electron chi connectivity index (χ2n) is 7.53. The van der Waals surface area contributed by atoms with Crippen LogP contribution in [0.2, 0.25) is 0 Å². The zero-order valence-corrected chi connectivity index (χ0v) is 16.7. The predicted octanol–water partition coefficient (Wildman–Crippen LogP) is 3.24. The van der Waals surface area contributed by atoms with Gasteiger partial charge in [0.1, 0.15) is 6.04 Å². The van der Waals surface area contributed by atoms with Gasteiger partial charge in [-0.1, -0.05) is 49.4 Å². The second kappa shape index (κ2) is 10.1. The highest BCUT2D eigenvalue weighted by atomic mass is 16.2. The van der Waals surface area contributed by atoms with Gasteiger partial charge in [-0.05, 0) is 43.5 Å². The lowest BCUT2D eigenvalue weighted by molar-refractivity contribution is -0.141. The van der Waals surface area contributed by atoms with Crippen molar-refractivity contribution in [3.05, 3.63) is 60.3 Å². The molecule has 5 heteroatoms. The van der Waals surface area contributed by atoms with E-state index in [0.29, 0.717) is 19.4 Å². The summed E-state index contributed by atoms with van der Waals surface area (Å²) < 4.78 is 0. The SMILES string of the molecule is CCC(C(=O)NCc1ccccc1)N(C(=O)CCCN1C=CC=CC1)C1CC1. The molecule has 2 amide bonds. The highest BCUT2D eigenvalue weighted by molar-refractivity contribution is 5.88. The number of amides is 2. The molecule has 3 rings (SSSR count). The van der Waals surface area contributed by atoms with Crippen LogP contribution < -0.4 is 5.32 Å². The van der Waals surface area contributed by atoms with Crippen molar-refractivity contribution in [2.24, 2.45) is 0 Å². The summed E-state index contributed by atoms with van der Waals surface area (Å²) in [5.41, 5.74) is 1.07. The Morgan fingerprint density at radius 2 is 2.00 bits per heavy atom. The van der Waals surface area contributed by atoms with Crippen LogP contribution >= 0.6 is 0 Å². The number of nitrogens with zero attached hydrogens (tertiary/aromatic N) is 2. The van der Waals surface area contributed by atoms with E-state index in [-0.39, 0.29) is 23.9 Å². The average Bonchev–Trinajstić information content (AvgIpc) is 3.56. The largest absolute Gasteiger partial charge is 0.374 e. The minimum atomic E-state index is -0.374. The standard InChI is InChI=1S/C23H31N3O2/c1-2-21(23(28)24-18-19-10-5-3-6-11-19)26(20-13-14-20)22(27)12-9-17-25-15-7-4-8-16-25/h3-8,10-11,15,20-21H,2,9,12-14,16-18H2,1H3,(H,24,28). The molecule has 1 N–H and O–H groups in total. The summed E-state index contributed by atoms with van der Waals surface area (Å²) in [6.45, 7) is 4.25. The molecule has 1 saturated carbocycles. The van der Waals surface area contributed by atoms with Crippen molar-refractivity contribution in [2.45, 2.75) is 57.7 Å². The maximum atomic E-state index is 12.9. The van der Waals surface area contributed by atoms with Gasteiger partial charge in [-0.25, -0.2) is 0 Å². The van der Waals surface area contributed by atoms with Gasteiger partial charge >= 0.3 is 0 Å². The number of benzene rings is 1. The number of nitrogens with one attached hydrogen (secondary N) is 1. The lowest BCUT2D eigenvalue weighted by Gasteiger charge is -2.31. The van der Waals surface area contributed by atoms with E-state index in [0.717, 1.165) is 37.9 Å². The third kappa shape index (κ3) is 5.72. The normalized spacial score (nSPS) is 16.7. The number of carbonyl (C=O) groups is 2. The van der Waals surface area contributed by atoms with Gasteiger partial charge in [0.2, 0.25) is 11.8 Å². The molecule has 0 radical (unpaired) electrons.